The van der Waals surface area contributed by atoms with Crippen LogP contribution in [-0.4, -0.2) is 80.1 Å². The first-order valence-electron chi connectivity index (χ1n) is 14.5. The van der Waals surface area contributed by atoms with E-state index in [1.54, 1.807) is 22.7 Å². The van der Waals surface area contributed by atoms with Gasteiger partial charge < -0.3 is 19.6 Å². The molecule has 1 spiro atoms. The molecule has 3 saturated heterocycles. The number of ether oxygens (including phenoxy) is 1. The van der Waals surface area contributed by atoms with Crippen molar-refractivity contribution in [1.29, 1.82) is 0 Å². The number of amides is 2. The van der Waals surface area contributed by atoms with Gasteiger partial charge in [-0.3, -0.25) is 14.4 Å². The largest absolute Gasteiger partial charge is 0.465 e. The smallest absolute Gasteiger partial charge is 0.311 e. The number of esters is 1. The molecule has 220 valence electrons. The molecule has 0 aromatic rings. The highest BCUT2D eigenvalue weighted by molar-refractivity contribution is 8.02. The molecule has 0 radical (unpaired) electrons. The number of carbonyl (C=O) groups is 3. The molecule has 1 N–H and O–H groups in total. The van der Waals surface area contributed by atoms with Crippen molar-refractivity contribution in [2.24, 2.45) is 17.3 Å². The van der Waals surface area contributed by atoms with Crippen LogP contribution in [0.15, 0.2) is 25.3 Å². The molecule has 2 bridgehead atoms. The van der Waals surface area contributed by atoms with Crippen molar-refractivity contribution in [2.45, 2.75) is 108 Å². The molecule has 3 heterocycles. The van der Waals surface area contributed by atoms with Crippen molar-refractivity contribution < 1.29 is 24.2 Å². The zero-order valence-electron chi connectivity index (χ0n) is 25.0. The Morgan fingerprint density at radius 1 is 1.15 bits per heavy atom. The maximum absolute atomic E-state index is 14.6. The topological polar surface area (TPSA) is 87.1 Å². The number of fused-ring (bicyclic) bond motifs is 1. The predicted molar refractivity (Wildman–Crippen MR) is 157 cm³/mol. The number of aliphatic hydroxyl groups is 1. The van der Waals surface area contributed by atoms with Gasteiger partial charge in [-0.05, 0) is 71.1 Å². The Labute approximate surface area is 239 Å². The third kappa shape index (κ3) is 6.12. The van der Waals surface area contributed by atoms with E-state index in [1.807, 2.05) is 11.0 Å². The highest BCUT2D eigenvalue weighted by atomic mass is 32.2. The van der Waals surface area contributed by atoms with Crippen LogP contribution in [0.25, 0.3) is 0 Å². The Balaban J connectivity index is 1.99. The molecule has 2 unspecified atom stereocenters. The summed E-state index contributed by atoms with van der Waals surface area (Å²) in [5, 5.41) is 9.63. The Bertz CT molecular complexity index is 959. The SMILES string of the molecule is C=CCCCCOC(=O)[C@@H]1[C@H]2C(=O)N(CCCO)C(C(=O)N(CC=C)C(C)(C)CC(C)(C)C)C23CC[C@@]1(C)S3. The van der Waals surface area contributed by atoms with E-state index < -0.39 is 32.9 Å². The van der Waals surface area contributed by atoms with Gasteiger partial charge in [0, 0.05) is 30.0 Å². The van der Waals surface area contributed by atoms with Gasteiger partial charge in [-0.25, -0.2) is 0 Å². The Morgan fingerprint density at radius 2 is 1.85 bits per heavy atom. The first-order chi connectivity index (χ1) is 18.2. The van der Waals surface area contributed by atoms with Crippen molar-refractivity contribution >= 4 is 29.5 Å². The summed E-state index contributed by atoms with van der Waals surface area (Å²) in [6, 6.07) is -0.696. The quantitative estimate of drug-likeness (QED) is 0.183. The number of nitrogens with zero attached hydrogens (tertiary/aromatic N) is 2. The van der Waals surface area contributed by atoms with Crippen LogP contribution in [0.1, 0.15) is 86.5 Å². The van der Waals surface area contributed by atoms with Crippen molar-refractivity contribution in [3.63, 3.8) is 0 Å². The fourth-order valence-electron chi connectivity index (χ4n) is 7.50. The Morgan fingerprint density at radius 3 is 2.44 bits per heavy atom. The highest BCUT2D eigenvalue weighted by Crippen LogP contribution is 2.71. The predicted octanol–water partition coefficient (Wildman–Crippen LogP) is 4.98. The molecule has 2 amide bonds. The van der Waals surface area contributed by atoms with E-state index in [9.17, 15) is 19.5 Å². The lowest BCUT2D eigenvalue weighted by Gasteiger charge is -2.46. The third-order valence-corrected chi connectivity index (χ3v) is 10.6. The highest BCUT2D eigenvalue weighted by Gasteiger charge is 2.77. The summed E-state index contributed by atoms with van der Waals surface area (Å²) in [5.74, 6) is -1.76. The summed E-state index contributed by atoms with van der Waals surface area (Å²) >= 11 is 1.66. The van der Waals surface area contributed by atoms with Crippen LogP contribution in [-0.2, 0) is 19.1 Å². The minimum Gasteiger partial charge on any atom is -0.465 e. The second kappa shape index (κ2) is 12.0. The minimum atomic E-state index is -0.696. The Kier molecular flexibility index (Phi) is 9.74. The number of thioether (sulfide) groups is 1. The van der Waals surface area contributed by atoms with Crippen LogP contribution >= 0.6 is 11.8 Å². The number of rotatable bonds is 14. The van der Waals surface area contributed by atoms with Crippen LogP contribution in [0.5, 0.6) is 0 Å². The van der Waals surface area contributed by atoms with Crippen LogP contribution in [0.2, 0.25) is 0 Å². The maximum atomic E-state index is 14.6. The third-order valence-electron chi connectivity index (χ3n) is 8.64. The lowest BCUT2D eigenvalue weighted by molar-refractivity contribution is -0.155. The number of allylic oxidation sites excluding steroid dienone is 1. The Hall–Kier alpha value is -1.80. The molecule has 3 fully saturated rings. The standard InChI is InChI=1S/C31H50N2O5S/c1-9-11-12-13-20-38-27(37)23-22-25(35)32(18-14-19-34)24(31(22)16-15-30(23,8)39-31)26(36)33(17-10-2)29(6,7)21-28(3,4)5/h9-10,22-24,34H,1-2,11-21H2,3-8H3/t22-,23-,24?,30+,31?/m0/s1. The van der Waals surface area contributed by atoms with Gasteiger partial charge in [0.25, 0.3) is 0 Å². The van der Waals surface area contributed by atoms with Crippen LogP contribution in [0.4, 0.5) is 0 Å². The van der Waals surface area contributed by atoms with E-state index >= 15 is 0 Å². The van der Waals surface area contributed by atoms with E-state index in [0.29, 0.717) is 26.0 Å². The molecule has 3 aliphatic rings. The number of likely N-dealkylation sites (tertiary alicyclic amines) is 1. The first kappa shape index (κ1) is 31.7. The molecule has 0 saturated carbocycles. The zero-order chi connectivity index (χ0) is 29.2. The lowest BCUT2D eigenvalue weighted by atomic mass is 9.66. The molecule has 0 aromatic carbocycles. The lowest BCUT2D eigenvalue weighted by Crippen LogP contribution is -2.60. The van der Waals surface area contributed by atoms with Gasteiger partial charge in [0.15, 0.2) is 0 Å². The fraction of sp³-hybridized carbons (Fsp3) is 0.774. The van der Waals surface area contributed by atoms with E-state index in [2.05, 4.69) is 54.7 Å². The summed E-state index contributed by atoms with van der Waals surface area (Å²) in [7, 11) is 0. The summed E-state index contributed by atoms with van der Waals surface area (Å²) in [6.45, 7) is 21.3. The normalized spacial score (nSPS) is 29.9. The summed E-state index contributed by atoms with van der Waals surface area (Å²) in [4.78, 5) is 45.9. The van der Waals surface area contributed by atoms with Gasteiger partial charge >= 0.3 is 5.97 Å². The average Bonchev–Trinajstić information content (AvgIpc) is 3.39. The molecule has 8 heteroatoms. The van der Waals surface area contributed by atoms with Crippen LogP contribution in [0.3, 0.4) is 0 Å². The van der Waals surface area contributed by atoms with Gasteiger partial charge in [0.1, 0.15) is 6.04 Å². The molecule has 0 aromatic heterocycles. The van der Waals surface area contributed by atoms with Crippen molar-refractivity contribution in [1.82, 2.24) is 9.80 Å². The molecule has 3 rings (SSSR count). The number of unbranched alkanes of at least 4 members (excludes halogenated alkanes) is 2. The summed E-state index contributed by atoms with van der Waals surface area (Å²) in [5.41, 5.74) is -0.487. The maximum Gasteiger partial charge on any atom is 0.311 e. The second-order valence-electron chi connectivity index (χ2n) is 13.6. The summed E-state index contributed by atoms with van der Waals surface area (Å²) < 4.78 is 4.60. The van der Waals surface area contributed by atoms with Gasteiger partial charge in [-0.2, -0.15) is 0 Å². The molecular weight excluding hydrogens is 512 g/mol. The van der Waals surface area contributed by atoms with Gasteiger partial charge in [-0.15, -0.1) is 24.9 Å². The fourth-order valence-corrected chi connectivity index (χ4v) is 9.84. The van der Waals surface area contributed by atoms with E-state index in [0.717, 1.165) is 32.1 Å². The molecule has 5 atom stereocenters. The second-order valence-corrected chi connectivity index (χ2v) is 15.5. The van der Waals surface area contributed by atoms with E-state index in [1.165, 1.54) is 0 Å². The van der Waals surface area contributed by atoms with Gasteiger partial charge in [0.2, 0.25) is 11.8 Å². The number of aliphatic hydroxyl groups excluding tert-OH is 1. The van der Waals surface area contributed by atoms with Gasteiger partial charge in [-0.1, -0.05) is 32.9 Å². The molecule has 0 aliphatic carbocycles. The van der Waals surface area contributed by atoms with E-state index in [4.69, 9.17) is 4.74 Å². The molecular formula is C31H50N2O5S. The molecule has 7 nitrogen and oxygen atoms in total. The van der Waals surface area contributed by atoms with Crippen molar-refractivity contribution in [3.8, 4) is 0 Å². The number of carbonyl (C=O) groups excluding carboxylic acids is 3. The van der Waals surface area contributed by atoms with Crippen LogP contribution < -0.4 is 0 Å². The monoisotopic (exact) mass is 562 g/mol. The zero-order valence-corrected chi connectivity index (χ0v) is 25.8. The molecule has 3 aliphatic heterocycles. The van der Waals surface area contributed by atoms with Gasteiger partial charge in [0.05, 0.1) is 23.2 Å². The van der Waals surface area contributed by atoms with E-state index in [-0.39, 0.29) is 36.4 Å². The first-order valence-corrected chi connectivity index (χ1v) is 15.3. The minimum absolute atomic E-state index is 0.0132. The van der Waals surface area contributed by atoms with Crippen molar-refractivity contribution in [2.75, 3.05) is 26.3 Å². The van der Waals surface area contributed by atoms with Crippen LogP contribution in [0, 0.1) is 17.3 Å². The molecule has 39 heavy (non-hydrogen) atoms. The number of hydrogen-bond acceptors (Lipinski definition) is 6. The average molecular weight is 563 g/mol. The summed E-state index contributed by atoms with van der Waals surface area (Å²) in [6.07, 6.45) is 8.73. The number of hydrogen-bond donors (Lipinski definition) is 1. The van der Waals surface area contributed by atoms with Crippen molar-refractivity contribution in [3.05, 3.63) is 25.3 Å².